The minimum Gasteiger partial charge on any atom is -0.377 e. The number of hydrogen-bond acceptors (Lipinski definition) is 1. The summed E-state index contributed by atoms with van der Waals surface area (Å²) in [7, 11) is 5.26. The SMILES string of the molecule is C=Pc1ccc2ccccc2c1-c1c(N(C)C)ccc2ccccc12.[Ar].[Ar]. The Morgan fingerprint density at radius 3 is 1.74 bits per heavy atom. The average molecular weight is 421 g/mol. The molecule has 0 N–H and O–H groups in total. The molecule has 0 radical (unpaired) electrons. The standard InChI is InChI=1S/C23H20NP.2Ar/c1-24(2)20-14-12-16-8-4-6-10-18(16)22(20)23-19-11-7-5-9-17(19)13-15-21(23)25-3;;/h4-15H,3H2,1-2H3;;. The Hall–Kier alpha value is -0.111. The van der Waals surface area contributed by atoms with Crippen molar-refractivity contribution in [3.05, 3.63) is 72.8 Å². The first-order chi connectivity index (χ1) is 12.2. The molecule has 0 saturated carbocycles. The normalized spacial score (nSPS) is 10.4. The summed E-state index contributed by atoms with van der Waals surface area (Å²) in [5.74, 6) is 0. The molecular formula is C23H20Ar2NP. The third-order valence-corrected chi connectivity index (χ3v) is 5.43. The fourth-order valence-electron chi connectivity index (χ4n) is 3.55. The van der Waals surface area contributed by atoms with Gasteiger partial charge in [0.15, 0.2) is 0 Å². The van der Waals surface area contributed by atoms with Crippen molar-refractivity contribution in [1.82, 2.24) is 0 Å². The topological polar surface area (TPSA) is 3.24 Å². The van der Waals surface area contributed by atoms with E-state index >= 15 is 0 Å². The molecule has 0 heterocycles. The largest absolute Gasteiger partial charge is 0.377 e. The van der Waals surface area contributed by atoms with Crippen molar-refractivity contribution in [2.75, 3.05) is 19.0 Å². The van der Waals surface area contributed by atoms with E-state index in [1.165, 1.54) is 43.7 Å². The molecule has 1 nitrogen and oxygen atoms in total. The Balaban J connectivity index is 0.00000131. The van der Waals surface area contributed by atoms with Gasteiger partial charge in [0.1, 0.15) is 0 Å². The van der Waals surface area contributed by atoms with Gasteiger partial charge in [0.25, 0.3) is 0 Å². The van der Waals surface area contributed by atoms with E-state index in [4.69, 9.17) is 0 Å². The monoisotopic (exact) mass is 421 g/mol. The molecule has 0 atom stereocenters. The van der Waals surface area contributed by atoms with Crippen LogP contribution in [-0.2, 0) is 0 Å². The van der Waals surface area contributed by atoms with Crippen LogP contribution in [-0.4, -0.2) is 20.4 Å². The summed E-state index contributed by atoms with van der Waals surface area (Å²) in [6.07, 6.45) is 4.16. The predicted octanol–water partition coefficient (Wildman–Crippen LogP) is 5.73. The molecule has 27 heavy (non-hydrogen) atoms. The van der Waals surface area contributed by atoms with Crippen LogP contribution in [0, 0.1) is 75.5 Å². The molecule has 0 amide bonds. The minimum atomic E-state index is 0. The van der Waals surface area contributed by atoms with Crippen LogP contribution in [0.5, 0.6) is 0 Å². The maximum atomic E-state index is 4.16. The summed E-state index contributed by atoms with van der Waals surface area (Å²) in [4.78, 5) is 2.20. The molecule has 4 aromatic carbocycles. The van der Waals surface area contributed by atoms with Crippen LogP contribution in [0.1, 0.15) is 0 Å². The molecule has 0 unspecified atom stereocenters. The molecule has 0 aromatic heterocycles. The smallest absolute Gasteiger partial charge is 0.0447 e. The van der Waals surface area contributed by atoms with Gasteiger partial charge in [0.2, 0.25) is 0 Å². The van der Waals surface area contributed by atoms with E-state index < -0.39 is 0 Å². The van der Waals surface area contributed by atoms with E-state index in [-0.39, 0.29) is 75.5 Å². The van der Waals surface area contributed by atoms with E-state index in [9.17, 15) is 0 Å². The van der Waals surface area contributed by atoms with Crippen molar-refractivity contribution >= 4 is 47.0 Å². The summed E-state index contributed by atoms with van der Waals surface area (Å²) in [6.45, 7) is 0. The average Bonchev–Trinajstić information content (AvgIpc) is 2.66. The van der Waals surface area contributed by atoms with Crippen LogP contribution in [0.25, 0.3) is 32.7 Å². The van der Waals surface area contributed by atoms with E-state index in [1.807, 2.05) is 0 Å². The fourth-order valence-corrected chi connectivity index (χ4v) is 4.12. The quantitative estimate of drug-likeness (QED) is 0.382. The van der Waals surface area contributed by atoms with Crippen molar-refractivity contribution in [3.8, 4) is 11.1 Å². The summed E-state index contributed by atoms with van der Waals surface area (Å²) in [5, 5.41) is 6.37. The third kappa shape index (κ3) is 4.41. The summed E-state index contributed by atoms with van der Waals surface area (Å²) < 4.78 is 0. The van der Waals surface area contributed by atoms with Crippen LogP contribution < -0.4 is 10.2 Å². The molecular weight excluding hydrogens is 401 g/mol. The Morgan fingerprint density at radius 1 is 0.667 bits per heavy atom. The second-order valence-corrected chi connectivity index (χ2v) is 7.21. The van der Waals surface area contributed by atoms with Gasteiger partial charge >= 0.3 is 0 Å². The zero-order valence-electron chi connectivity index (χ0n) is 15.2. The van der Waals surface area contributed by atoms with Crippen LogP contribution in [0.4, 0.5) is 5.69 Å². The molecule has 0 bridgehead atoms. The maximum Gasteiger partial charge on any atom is 0.0447 e. The molecule has 0 aliphatic rings. The van der Waals surface area contributed by atoms with Gasteiger partial charge in [-0.25, -0.2) is 0 Å². The molecule has 4 rings (SSSR count). The van der Waals surface area contributed by atoms with E-state index in [0.29, 0.717) is 0 Å². The first kappa shape index (κ1) is 23.2. The van der Waals surface area contributed by atoms with Gasteiger partial charge in [-0.15, -0.1) is 0 Å². The van der Waals surface area contributed by atoms with Gasteiger partial charge in [-0.2, -0.15) is 0 Å². The van der Waals surface area contributed by atoms with Crippen molar-refractivity contribution in [2.24, 2.45) is 0 Å². The number of fused-ring (bicyclic) bond motifs is 2. The van der Waals surface area contributed by atoms with E-state index in [2.05, 4.69) is 98.1 Å². The number of rotatable bonds is 3. The molecule has 0 saturated heterocycles. The summed E-state index contributed by atoms with van der Waals surface area (Å²) in [6, 6.07) is 26.1. The van der Waals surface area contributed by atoms with Gasteiger partial charge in [-0.05, 0) is 33.7 Å². The first-order valence-corrected chi connectivity index (χ1v) is 9.46. The van der Waals surface area contributed by atoms with Crippen molar-refractivity contribution in [3.63, 3.8) is 0 Å². The molecule has 4 heteroatoms. The number of anilines is 1. The van der Waals surface area contributed by atoms with Gasteiger partial charge in [0, 0.05) is 112 Å². The van der Waals surface area contributed by atoms with E-state index in [0.717, 1.165) is 8.20 Å². The van der Waals surface area contributed by atoms with Crippen molar-refractivity contribution in [2.45, 2.75) is 0 Å². The predicted molar refractivity (Wildman–Crippen MR) is 115 cm³/mol. The van der Waals surface area contributed by atoms with E-state index in [1.54, 1.807) is 0 Å². The Bertz CT molecular complexity index is 1110. The number of nitrogens with zero attached hydrogens (tertiary/aromatic N) is 1. The molecule has 0 spiro atoms. The third-order valence-electron chi connectivity index (χ3n) is 4.72. The Kier molecular flexibility index (Phi) is 8.65. The van der Waals surface area contributed by atoms with Crippen molar-refractivity contribution < 1.29 is 75.5 Å². The zero-order valence-corrected chi connectivity index (χ0v) is 17.5. The Labute approximate surface area is 222 Å². The van der Waals surface area contributed by atoms with Crippen LogP contribution in [0.15, 0.2) is 72.8 Å². The van der Waals surface area contributed by atoms with Crippen LogP contribution in [0.2, 0.25) is 0 Å². The fraction of sp³-hybridized carbons (Fsp3) is 0.0870. The van der Waals surface area contributed by atoms with Gasteiger partial charge < -0.3 is 4.90 Å². The van der Waals surface area contributed by atoms with Gasteiger partial charge in [-0.1, -0.05) is 75.2 Å². The summed E-state index contributed by atoms with van der Waals surface area (Å²) >= 11 is 0. The second-order valence-electron chi connectivity index (χ2n) is 6.41. The number of hydrogen-bond donors (Lipinski definition) is 0. The second kappa shape index (κ2) is 10.1. The van der Waals surface area contributed by atoms with Crippen LogP contribution in [0.3, 0.4) is 0 Å². The van der Waals surface area contributed by atoms with Gasteiger partial charge in [0.05, 0.1) is 0 Å². The Morgan fingerprint density at radius 2 is 1.19 bits per heavy atom. The van der Waals surface area contributed by atoms with Gasteiger partial charge in [-0.3, -0.25) is 0 Å². The molecule has 0 aliphatic heterocycles. The summed E-state index contributed by atoms with van der Waals surface area (Å²) in [5.41, 5.74) is 3.83. The zero-order chi connectivity index (χ0) is 17.4. The maximum absolute atomic E-state index is 4.16. The van der Waals surface area contributed by atoms with Crippen LogP contribution >= 0.6 is 8.20 Å². The molecule has 4 aromatic rings. The first-order valence-electron chi connectivity index (χ1n) is 8.38. The molecule has 0 aliphatic carbocycles. The molecule has 0 fully saturated rings. The van der Waals surface area contributed by atoms with Crippen molar-refractivity contribution in [1.29, 1.82) is 0 Å². The minimum absolute atomic E-state index is 0. The molecule has 138 valence electrons. The number of benzene rings is 4.